The van der Waals surface area contributed by atoms with Crippen molar-refractivity contribution in [3.05, 3.63) is 0 Å². The lowest BCUT2D eigenvalue weighted by atomic mass is 10.0. The molecule has 0 aromatic rings. The lowest BCUT2D eigenvalue weighted by Gasteiger charge is -2.18. The zero-order chi connectivity index (χ0) is 8.65. The summed E-state index contributed by atoms with van der Waals surface area (Å²) in [5, 5.41) is 0. The first-order chi connectivity index (χ1) is 5.93. The van der Waals surface area contributed by atoms with E-state index >= 15 is 0 Å². The molecule has 0 spiro atoms. The maximum atomic E-state index is 9.66. The predicted octanol–water partition coefficient (Wildman–Crippen LogP) is 1.82. The van der Waals surface area contributed by atoms with Crippen molar-refractivity contribution >= 4 is 17.8 Å². The largest absolute Gasteiger partial charge is 0.249 e. The smallest absolute Gasteiger partial charge is 0.210 e. The highest BCUT2D eigenvalue weighted by atomic mass is 32.2. The van der Waals surface area contributed by atoms with E-state index in [-0.39, 0.29) is 0 Å². The fraction of sp³-hybridized carbons (Fsp3) is 0.667. The Balaban J connectivity index is 2.22. The van der Waals surface area contributed by atoms with Crippen molar-refractivity contribution in [3.63, 3.8) is 0 Å². The molecule has 3 heteroatoms. The van der Waals surface area contributed by atoms with Gasteiger partial charge >= 0.3 is 0 Å². The number of nitrogens with zero attached hydrogens (tertiary/aromatic N) is 1. The molecule has 0 radical (unpaired) electrons. The summed E-state index contributed by atoms with van der Waals surface area (Å²) in [7, 11) is 0. The Bertz CT molecular complexity index is 229. The highest BCUT2D eigenvalue weighted by Gasteiger charge is 2.11. The molecule has 1 fully saturated rings. The Morgan fingerprint density at radius 2 is 2.50 bits per heavy atom. The van der Waals surface area contributed by atoms with Crippen LogP contribution in [-0.4, -0.2) is 17.6 Å². The van der Waals surface area contributed by atoms with Crippen molar-refractivity contribution in [3.8, 4) is 12.0 Å². The van der Waals surface area contributed by atoms with Gasteiger partial charge in [-0.05, 0) is 30.3 Å². The van der Waals surface area contributed by atoms with Gasteiger partial charge in [-0.15, -0.1) is 4.99 Å². The summed E-state index contributed by atoms with van der Waals surface area (Å²) in [6.45, 7) is 0. The second-order valence-corrected chi connectivity index (χ2v) is 3.93. The third kappa shape index (κ3) is 3.61. The van der Waals surface area contributed by atoms with Gasteiger partial charge in [-0.25, -0.2) is 4.79 Å². The third-order valence-electron chi connectivity index (χ3n) is 1.83. The first-order valence-electron chi connectivity index (χ1n) is 4.06. The molecular formula is C9H11NOS. The van der Waals surface area contributed by atoms with E-state index in [0.29, 0.717) is 5.92 Å². The van der Waals surface area contributed by atoms with Gasteiger partial charge in [-0.3, -0.25) is 0 Å². The first-order valence-corrected chi connectivity index (χ1v) is 5.21. The molecule has 1 aliphatic rings. The molecule has 1 saturated heterocycles. The summed E-state index contributed by atoms with van der Waals surface area (Å²) in [5.41, 5.74) is 0. The Hall–Kier alpha value is -0.710. The van der Waals surface area contributed by atoms with Gasteiger partial charge in [0.15, 0.2) is 0 Å². The molecule has 0 saturated carbocycles. The Kier molecular flexibility index (Phi) is 4.60. The molecule has 0 N–H and O–H groups in total. The van der Waals surface area contributed by atoms with E-state index < -0.39 is 0 Å². The molecule has 12 heavy (non-hydrogen) atoms. The average Bonchev–Trinajstić information content (AvgIpc) is 2.14. The molecule has 1 unspecified atom stereocenters. The minimum absolute atomic E-state index is 0.707. The number of thioether (sulfide) groups is 1. The first kappa shape index (κ1) is 9.38. The van der Waals surface area contributed by atoms with Crippen molar-refractivity contribution in [2.75, 3.05) is 11.5 Å². The van der Waals surface area contributed by atoms with E-state index in [1.165, 1.54) is 30.4 Å². The fourth-order valence-electron chi connectivity index (χ4n) is 1.22. The topological polar surface area (TPSA) is 29.4 Å². The molecule has 64 valence electrons. The standard InChI is InChI=1S/C9H11NOS/c11-8-10-5-1-3-9-4-2-6-12-7-9/h9H,2-4,6-7H2. The molecule has 0 aromatic carbocycles. The third-order valence-corrected chi connectivity index (χ3v) is 3.11. The summed E-state index contributed by atoms with van der Waals surface area (Å²) in [6.07, 6.45) is 4.84. The molecule has 1 rings (SSSR count). The van der Waals surface area contributed by atoms with E-state index in [9.17, 15) is 4.79 Å². The van der Waals surface area contributed by atoms with Crippen LogP contribution in [0, 0.1) is 17.9 Å². The van der Waals surface area contributed by atoms with Crippen LogP contribution in [0.25, 0.3) is 0 Å². The molecule has 0 aliphatic carbocycles. The van der Waals surface area contributed by atoms with Gasteiger partial charge in [-0.2, -0.15) is 11.8 Å². The van der Waals surface area contributed by atoms with Crippen molar-refractivity contribution in [1.29, 1.82) is 0 Å². The Morgan fingerprint density at radius 1 is 1.58 bits per heavy atom. The number of aliphatic imine (C=N–C) groups is 1. The molecule has 0 aromatic heterocycles. The van der Waals surface area contributed by atoms with Gasteiger partial charge in [-0.1, -0.05) is 5.92 Å². The fourth-order valence-corrected chi connectivity index (χ4v) is 2.38. The number of carbonyl (C=O) groups excluding carboxylic acids is 1. The number of isocyanates is 1. The van der Waals surface area contributed by atoms with Crippen molar-refractivity contribution < 1.29 is 4.79 Å². The summed E-state index contributed by atoms with van der Waals surface area (Å²) in [6, 6.07) is 2.42. The van der Waals surface area contributed by atoms with E-state index in [2.05, 4.69) is 17.0 Å². The van der Waals surface area contributed by atoms with Gasteiger partial charge < -0.3 is 0 Å². The van der Waals surface area contributed by atoms with Gasteiger partial charge in [0, 0.05) is 12.5 Å². The number of rotatable bonds is 1. The van der Waals surface area contributed by atoms with Crippen molar-refractivity contribution in [2.45, 2.75) is 19.3 Å². The molecule has 2 nitrogen and oxygen atoms in total. The van der Waals surface area contributed by atoms with Crippen molar-refractivity contribution in [1.82, 2.24) is 0 Å². The maximum Gasteiger partial charge on any atom is 0.249 e. The second-order valence-electron chi connectivity index (χ2n) is 2.78. The van der Waals surface area contributed by atoms with E-state index in [1.54, 1.807) is 0 Å². The van der Waals surface area contributed by atoms with Gasteiger partial charge in [0.1, 0.15) is 0 Å². The number of hydrogen-bond acceptors (Lipinski definition) is 3. The molecular weight excluding hydrogens is 170 g/mol. The zero-order valence-corrected chi connectivity index (χ0v) is 7.69. The maximum absolute atomic E-state index is 9.66. The van der Waals surface area contributed by atoms with Gasteiger partial charge in [0.05, 0.1) is 0 Å². The second kappa shape index (κ2) is 5.88. The van der Waals surface area contributed by atoms with Crippen LogP contribution in [0.15, 0.2) is 4.99 Å². The minimum Gasteiger partial charge on any atom is -0.210 e. The van der Waals surface area contributed by atoms with Crippen LogP contribution in [0.4, 0.5) is 0 Å². The molecule has 0 bridgehead atoms. The Labute approximate surface area is 76.8 Å². The van der Waals surface area contributed by atoms with Gasteiger partial charge in [0.25, 0.3) is 0 Å². The minimum atomic E-state index is 0.707. The van der Waals surface area contributed by atoms with Gasteiger partial charge in [0.2, 0.25) is 6.08 Å². The zero-order valence-electron chi connectivity index (χ0n) is 6.88. The van der Waals surface area contributed by atoms with E-state index in [4.69, 9.17) is 0 Å². The summed E-state index contributed by atoms with van der Waals surface area (Å²) in [4.78, 5) is 12.8. The summed E-state index contributed by atoms with van der Waals surface area (Å²) >= 11 is 1.99. The van der Waals surface area contributed by atoms with E-state index in [0.717, 1.165) is 6.42 Å². The molecule has 1 atom stereocenters. The molecule has 1 aliphatic heterocycles. The van der Waals surface area contributed by atoms with E-state index in [1.807, 2.05) is 11.8 Å². The lowest BCUT2D eigenvalue weighted by molar-refractivity contribution is 0.537. The van der Waals surface area contributed by atoms with Crippen LogP contribution in [0.1, 0.15) is 19.3 Å². The highest BCUT2D eigenvalue weighted by molar-refractivity contribution is 7.99. The van der Waals surface area contributed by atoms with Crippen LogP contribution in [-0.2, 0) is 4.79 Å². The normalized spacial score (nSPS) is 21.8. The molecule has 1 heterocycles. The number of hydrogen-bond donors (Lipinski definition) is 0. The SMILES string of the molecule is O=C=NC#CCC1CCCSC1. The van der Waals surface area contributed by atoms with Crippen LogP contribution in [0.2, 0.25) is 0 Å². The summed E-state index contributed by atoms with van der Waals surface area (Å²) in [5.74, 6) is 6.07. The van der Waals surface area contributed by atoms with Crippen LogP contribution >= 0.6 is 11.8 Å². The van der Waals surface area contributed by atoms with Crippen LogP contribution in [0.5, 0.6) is 0 Å². The Morgan fingerprint density at radius 3 is 3.17 bits per heavy atom. The van der Waals surface area contributed by atoms with Crippen LogP contribution in [0.3, 0.4) is 0 Å². The predicted molar refractivity (Wildman–Crippen MR) is 50.6 cm³/mol. The van der Waals surface area contributed by atoms with Crippen molar-refractivity contribution in [2.24, 2.45) is 10.9 Å². The monoisotopic (exact) mass is 181 g/mol. The lowest BCUT2D eigenvalue weighted by Crippen LogP contribution is -2.09. The summed E-state index contributed by atoms with van der Waals surface area (Å²) < 4.78 is 0. The highest BCUT2D eigenvalue weighted by Crippen LogP contribution is 2.24. The quantitative estimate of drug-likeness (QED) is 0.351. The average molecular weight is 181 g/mol. The van der Waals surface area contributed by atoms with Crippen LogP contribution < -0.4 is 0 Å². The molecule has 0 amide bonds.